The molecule has 0 aliphatic carbocycles. The van der Waals surface area contributed by atoms with Gasteiger partial charge in [0.15, 0.2) is 4.34 Å². The van der Waals surface area contributed by atoms with Crippen molar-refractivity contribution in [3.05, 3.63) is 35.9 Å². The SMILES string of the molecule is O=C(CCCl)Nc1nnc(SCCCc2ccccc2)s1. The summed E-state index contributed by atoms with van der Waals surface area (Å²) in [5, 5.41) is 11.2. The van der Waals surface area contributed by atoms with Crippen LogP contribution in [0.25, 0.3) is 0 Å². The molecule has 21 heavy (non-hydrogen) atoms. The number of halogens is 1. The topological polar surface area (TPSA) is 54.9 Å². The lowest BCUT2D eigenvalue weighted by Gasteiger charge is -1.99. The van der Waals surface area contributed by atoms with E-state index in [1.54, 1.807) is 11.8 Å². The zero-order chi connectivity index (χ0) is 14.9. The fourth-order valence-corrected chi connectivity index (χ4v) is 3.62. The quantitative estimate of drug-likeness (QED) is 0.343. The van der Waals surface area contributed by atoms with Crippen LogP contribution < -0.4 is 5.32 Å². The van der Waals surface area contributed by atoms with E-state index in [-0.39, 0.29) is 5.91 Å². The maximum absolute atomic E-state index is 11.4. The molecule has 0 aliphatic heterocycles. The second kappa shape index (κ2) is 9.02. The summed E-state index contributed by atoms with van der Waals surface area (Å²) in [6, 6.07) is 10.4. The Morgan fingerprint density at radius 1 is 1.29 bits per heavy atom. The number of benzene rings is 1. The summed E-state index contributed by atoms with van der Waals surface area (Å²) in [5.41, 5.74) is 1.35. The number of nitrogens with zero attached hydrogens (tertiary/aromatic N) is 2. The molecule has 1 aromatic carbocycles. The Kier molecular flexibility index (Phi) is 6.99. The normalized spacial score (nSPS) is 10.5. The van der Waals surface area contributed by atoms with Crippen molar-refractivity contribution in [3.63, 3.8) is 0 Å². The van der Waals surface area contributed by atoms with Gasteiger partial charge in [-0.25, -0.2) is 0 Å². The van der Waals surface area contributed by atoms with Crippen LogP contribution in [0.1, 0.15) is 18.4 Å². The average molecular weight is 342 g/mol. The predicted molar refractivity (Wildman–Crippen MR) is 89.4 cm³/mol. The Morgan fingerprint density at radius 2 is 2.10 bits per heavy atom. The summed E-state index contributed by atoms with van der Waals surface area (Å²) in [6.07, 6.45) is 2.44. The second-order valence-corrected chi connectivity index (χ2v) is 7.00. The lowest BCUT2D eigenvalue weighted by Crippen LogP contribution is -2.11. The molecule has 2 rings (SSSR count). The molecule has 0 atom stereocenters. The summed E-state index contributed by atoms with van der Waals surface area (Å²) in [4.78, 5) is 11.4. The Bertz CT molecular complexity index is 562. The van der Waals surface area contributed by atoms with E-state index in [9.17, 15) is 4.79 Å². The van der Waals surface area contributed by atoms with E-state index in [4.69, 9.17) is 11.6 Å². The molecule has 2 aromatic rings. The van der Waals surface area contributed by atoms with Gasteiger partial charge in [0.2, 0.25) is 11.0 Å². The third-order valence-corrected chi connectivity index (χ3v) is 4.90. The van der Waals surface area contributed by atoms with Gasteiger partial charge in [-0.05, 0) is 18.4 Å². The fourth-order valence-electron chi connectivity index (χ4n) is 1.67. The van der Waals surface area contributed by atoms with E-state index in [0.717, 1.165) is 22.9 Å². The first kappa shape index (κ1) is 16.3. The lowest BCUT2D eigenvalue weighted by atomic mass is 10.1. The number of hydrogen-bond donors (Lipinski definition) is 1. The lowest BCUT2D eigenvalue weighted by molar-refractivity contribution is -0.115. The predicted octanol–water partition coefficient (Wildman–Crippen LogP) is 3.83. The summed E-state index contributed by atoms with van der Waals surface area (Å²) in [7, 11) is 0. The van der Waals surface area contributed by atoms with Crippen LogP contribution in [0.3, 0.4) is 0 Å². The van der Waals surface area contributed by atoms with E-state index < -0.39 is 0 Å². The van der Waals surface area contributed by atoms with Crippen molar-refractivity contribution >= 4 is 45.7 Å². The van der Waals surface area contributed by atoms with Gasteiger partial charge >= 0.3 is 0 Å². The van der Waals surface area contributed by atoms with Gasteiger partial charge in [0.25, 0.3) is 0 Å². The third kappa shape index (κ3) is 6.03. The van der Waals surface area contributed by atoms with E-state index in [1.165, 1.54) is 16.9 Å². The molecular formula is C14H16ClN3OS2. The van der Waals surface area contributed by atoms with Crippen LogP contribution in [0.5, 0.6) is 0 Å². The van der Waals surface area contributed by atoms with E-state index in [0.29, 0.717) is 17.4 Å². The summed E-state index contributed by atoms with van der Waals surface area (Å²) < 4.78 is 0.879. The zero-order valence-corrected chi connectivity index (χ0v) is 13.8. The summed E-state index contributed by atoms with van der Waals surface area (Å²) in [5.74, 6) is 1.17. The maximum Gasteiger partial charge on any atom is 0.227 e. The van der Waals surface area contributed by atoms with E-state index >= 15 is 0 Å². The van der Waals surface area contributed by atoms with Crippen molar-refractivity contribution in [2.45, 2.75) is 23.6 Å². The third-order valence-electron chi connectivity index (χ3n) is 2.65. The molecule has 4 nitrogen and oxygen atoms in total. The minimum atomic E-state index is -0.123. The van der Waals surface area contributed by atoms with Crippen molar-refractivity contribution in [3.8, 4) is 0 Å². The Hall–Kier alpha value is -1.11. The van der Waals surface area contributed by atoms with Crippen LogP contribution in [0.15, 0.2) is 34.7 Å². The number of nitrogens with one attached hydrogen (secondary N) is 1. The first-order valence-electron chi connectivity index (χ1n) is 6.64. The van der Waals surface area contributed by atoms with Crippen LogP contribution in [-0.4, -0.2) is 27.7 Å². The highest BCUT2D eigenvalue weighted by Crippen LogP contribution is 2.26. The van der Waals surface area contributed by atoms with Gasteiger partial charge in [0.05, 0.1) is 0 Å². The average Bonchev–Trinajstić information content (AvgIpc) is 2.92. The zero-order valence-electron chi connectivity index (χ0n) is 11.4. The molecule has 0 fully saturated rings. The molecule has 7 heteroatoms. The Labute approximate surface area is 137 Å². The van der Waals surface area contributed by atoms with Crippen LogP contribution in [0, 0.1) is 0 Å². The number of thioether (sulfide) groups is 1. The first-order chi connectivity index (χ1) is 10.3. The molecule has 1 aromatic heterocycles. The highest BCUT2D eigenvalue weighted by molar-refractivity contribution is 8.01. The van der Waals surface area contributed by atoms with Crippen LogP contribution >= 0.6 is 34.7 Å². The molecule has 0 saturated carbocycles. The van der Waals surface area contributed by atoms with Gasteiger partial charge in [-0.3, -0.25) is 4.79 Å². The molecule has 1 heterocycles. The minimum Gasteiger partial charge on any atom is -0.300 e. The van der Waals surface area contributed by atoms with Crippen molar-refractivity contribution < 1.29 is 4.79 Å². The number of hydrogen-bond acceptors (Lipinski definition) is 5. The molecule has 0 bridgehead atoms. The first-order valence-corrected chi connectivity index (χ1v) is 8.97. The smallest absolute Gasteiger partial charge is 0.227 e. The van der Waals surface area contributed by atoms with Gasteiger partial charge in [-0.15, -0.1) is 21.8 Å². The highest BCUT2D eigenvalue weighted by atomic mass is 35.5. The van der Waals surface area contributed by atoms with Crippen molar-refractivity contribution in [1.82, 2.24) is 10.2 Å². The number of carbonyl (C=O) groups excluding carboxylic acids is 1. The standard InChI is InChI=1S/C14H16ClN3OS2/c15-9-8-12(19)16-13-17-18-14(21-13)20-10-4-7-11-5-2-1-3-6-11/h1-3,5-6H,4,7-10H2,(H,16,17,19). The molecule has 0 spiro atoms. The number of amides is 1. The van der Waals surface area contributed by atoms with Gasteiger partial charge < -0.3 is 5.32 Å². The number of alkyl halides is 1. The van der Waals surface area contributed by atoms with Gasteiger partial charge in [-0.2, -0.15) is 0 Å². The highest BCUT2D eigenvalue weighted by Gasteiger charge is 2.08. The van der Waals surface area contributed by atoms with Gasteiger partial charge in [-0.1, -0.05) is 53.4 Å². The van der Waals surface area contributed by atoms with Crippen LogP contribution in [0.4, 0.5) is 5.13 Å². The number of aryl methyl sites for hydroxylation is 1. The maximum atomic E-state index is 11.4. The minimum absolute atomic E-state index is 0.123. The fraction of sp³-hybridized carbons (Fsp3) is 0.357. The van der Waals surface area contributed by atoms with E-state index in [1.807, 2.05) is 6.07 Å². The summed E-state index contributed by atoms with van der Waals surface area (Å²) >= 11 is 8.57. The van der Waals surface area contributed by atoms with Crippen LogP contribution in [-0.2, 0) is 11.2 Å². The molecule has 0 radical (unpaired) electrons. The Balaban J connectivity index is 1.69. The molecule has 0 saturated heterocycles. The number of anilines is 1. The number of carbonyl (C=O) groups is 1. The second-order valence-electron chi connectivity index (χ2n) is 4.30. The number of aromatic nitrogens is 2. The molecule has 1 N–H and O–H groups in total. The van der Waals surface area contributed by atoms with Crippen molar-refractivity contribution in [2.75, 3.05) is 16.9 Å². The van der Waals surface area contributed by atoms with E-state index in [2.05, 4.69) is 39.8 Å². The number of rotatable bonds is 8. The van der Waals surface area contributed by atoms with Crippen molar-refractivity contribution in [2.24, 2.45) is 0 Å². The molecule has 1 amide bonds. The Morgan fingerprint density at radius 3 is 2.86 bits per heavy atom. The monoisotopic (exact) mass is 341 g/mol. The molecule has 0 unspecified atom stereocenters. The van der Waals surface area contributed by atoms with Gasteiger partial charge in [0, 0.05) is 18.1 Å². The molecule has 112 valence electrons. The van der Waals surface area contributed by atoms with Crippen LogP contribution in [0.2, 0.25) is 0 Å². The van der Waals surface area contributed by atoms with Crippen molar-refractivity contribution in [1.29, 1.82) is 0 Å². The van der Waals surface area contributed by atoms with Gasteiger partial charge in [0.1, 0.15) is 0 Å². The molecular weight excluding hydrogens is 326 g/mol. The summed E-state index contributed by atoms with van der Waals surface area (Å²) in [6.45, 7) is 0. The largest absolute Gasteiger partial charge is 0.300 e. The molecule has 0 aliphatic rings.